The van der Waals surface area contributed by atoms with E-state index in [4.69, 9.17) is 9.47 Å². The molecule has 6 nitrogen and oxygen atoms in total. The van der Waals surface area contributed by atoms with E-state index in [1.54, 1.807) is 0 Å². The van der Waals surface area contributed by atoms with E-state index >= 15 is 0 Å². The number of nitrogens with one attached hydrogen (secondary N) is 1. The fraction of sp³-hybridized carbons (Fsp3) is 0.312. The van der Waals surface area contributed by atoms with Crippen molar-refractivity contribution in [2.45, 2.75) is 26.7 Å². The van der Waals surface area contributed by atoms with Crippen molar-refractivity contribution in [1.82, 2.24) is 0 Å². The van der Waals surface area contributed by atoms with E-state index in [-0.39, 0.29) is 30.2 Å². The van der Waals surface area contributed by atoms with Crippen LogP contribution in [-0.4, -0.2) is 24.5 Å². The Bertz CT molecular complexity index is 580. The molecular formula is C16H19NO5. The van der Waals surface area contributed by atoms with Gasteiger partial charge in [-0.25, -0.2) is 4.79 Å². The molecule has 0 radical (unpaired) electrons. The monoisotopic (exact) mass is 305 g/mol. The molecule has 0 fully saturated rings. The molecule has 1 N–H and O–H groups in total. The lowest BCUT2D eigenvalue weighted by Crippen LogP contribution is -2.16. The maximum atomic E-state index is 11.6. The second-order valence-electron chi connectivity index (χ2n) is 4.50. The molecule has 0 saturated carbocycles. The Kier molecular flexibility index (Phi) is 6.82. The first kappa shape index (κ1) is 17.4. The number of carbonyl (C=O) groups is 3. The molecule has 22 heavy (non-hydrogen) atoms. The number of hydrogen-bond acceptors (Lipinski definition) is 5. The molecule has 0 heterocycles. The molecule has 0 saturated heterocycles. The maximum absolute atomic E-state index is 11.6. The third kappa shape index (κ3) is 5.40. The van der Waals surface area contributed by atoms with Gasteiger partial charge >= 0.3 is 12.1 Å². The molecule has 0 spiro atoms. The lowest BCUT2D eigenvalue weighted by atomic mass is 10.1. The Morgan fingerprint density at radius 2 is 2.05 bits per heavy atom. The molecule has 1 aromatic rings. The van der Waals surface area contributed by atoms with Crippen LogP contribution in [0.3, 0.4) is 0 Å². The van der Waals surface area contributed by atoms with Gasteiger partial charge in [-0.2, -0.15) is 0 Å². The van der Waals surface area contributed by atoms with Crippen LogP contribution in [0.25, 0.3) is 0 Å². The summed E-state index contributed by atoms with van der Waals surface area (Å²) in [4.78, 5) is 34.6. The highest BCUT2D eigenvalue weighted by Crippen LogP contribution is 2.27. The van der Waals surface area contributed by atoms with Gasteiger partial charge in [0.05, 0.1) is 5.69 Å². The van der Waals surface area contributed by atoms with Gasteiger partial charge in [0.1, 0.15) is 6.61 Å². The molecule has 1 amide bonds. The van der Waals surface area contributed by atoms with E-state index < -0.39 is 12.1 Å². The number of carbonyl (C=O) groups excluding carboxylic acids is 3. The van der Waals surface area contributed by atoms with E-state index in [2.05, 4.69) is 11.9 Å². The lowest BCUT2D eigenvalue weighted by Gasteiger charge is -2.12. The summed E-state index contributed by atoms with van der Waals surface area (Å²) >= 11 is 0. The van der Waals surface area contributed by atoms with E-state index in [0.717, 1.165) is 0 Å². The second kappa shape index (κ2) is 8.61. The molecule has 1 aromatic carbocycles. The van der Waals surface area contributed by atoms with Crippen molar-refractivity contribution in [1.29, 1.82) is 0 Å². The van der Waals surface area contributed by atoms with Crippen LogP contribution in [0.2, 0.25) is 0 Å². The number of esters is 1. The van der Waals surface area contributed by atoms with Crippen molar-refractivity contribution in [3.63, 3.8) is 0 Å². The van der Waals surface area contributed by atoms with Crippen molar-refractivity contribution < 1.29 is 23.9 Å². The fourth-order valence-electron chi connectivity index (χ4n) is 1.59. The van der Waals surface area contributed by atoms with Gasteiger partial charge in [-0.15, -0.1) is 0 Å². The number of anilines is 1. The van der Waals surface area contributed by atoms with Crippen LogP contribution in [0.1, 0.15) is 37.0 Å². The van der Waals surface area contributed by atoms with Crippen molar-refractivity contribution in [3.05, 3.63) is 36.4 Å². The summed E-state index contributed by atoms with van der Waals surface area (Å²) < 4.78 is 9.99. The fourth-order valence-corrected chi connectivity index (χ4v) is 1.59. The van der Waals surface area contributed by atoms with Gasteiger partial charge in [0.25, 0.3) is 0 Å². The van der Waals surface area contributed by atoms with Crippen LogP contribution < -0.4 is 10.1 Å². The minimum absolute atomic E-state index is 0.0448. The van der Waals surface area contributed by atoms with Gasteiger partial charge < -0.3 is 9.47 Å². The van der Waals surface area contributed by atoms with Crippen molar-refractivity contribution >= 4 is 23.5 Å². The number of Topliss-reactive ketones (excluding diaryl/α,β-unsaturated/α-hetero) is 1. The highest BCUT2D eigenvalue weighted by molar-refractivity contribution is 5.97. The number of benzene rings is 1. The Morgan fingerprint density at radius 3 is 2.64 bits per heavy atom. The van der Waals surface area contributed by atoms with Crippen molar-refractivity contribution in [2.75, 3.05) is 11.9 Å². The molecule has 0 aliphatic rings. The Labute approximate surface area is 129 Å². The summed E-state index contributed by atoms with van der Waals surface area (Å²) in [7, 11) is 0. The highest BCUT2D eigenvalue weighted by Gasteiger charge is 2.14. The number of rotatable bonds is 7. The van der Waals surface area contributed by atoms with Crippen LogP contribution in [0.5, 0.6) is 5.75 Å². The highest BCUT2D eigenvalue weighted by atomic mass is 16.6. The molecule has 0 bridgehead atoms. The summed E-state index contributed by atoms with van der Waals surface area (Å²) in [5.41, 5.74) is 0.584. The van der Waals surface area contributed by atoms with Crippen LogP contribution >= 0.6 is 0 Å². The molecular weight excluding hydrogens is 286 g/mol. The number of ether oxygens (including phenoxy) is 2. The number of hydrogen-bond donors (Lipinski definition) is 1. The average Bonchev–Trinajstić information content (AvgIpc) is 2.47. The molecule has 118 valence electrons. The molecule has 1 rings (SSSR count). The first-order valence-corrected chi connectivity index (χ1v) is 6.88. The summed E-state index contributed by atoms with van der Waals surface area (Å²) in [6.45, 7) is 6.73. The zero-order valence-corrected chi connectivity index (χ0v) is 12.7. The zero-order chi connectivity index (χ0) is 16.5. The van der Waals surface area contributed by atoms with E-state index in [1.165, 1.54) is 31.2 Å². The van der Waals surface area contributed by atoms with Gasteiger partial charge in [-0.3, -0.25) is 14.9 Å². The van der Waals surface area contributed by atoms with E-state index in [1.807, 2.05) is 6.92 Å². The van der Waals surface area contributed by atoms with Crippen molar-refractivity contribution in [3.8, 4) is 5.75 Å². The smallest absolute Gasteiger partial charge is 0.412 e. The van der Waals surface area contributed by atoms with Crippen molar-refractivity contribution in [2.24, 2.45) is 0 Å². The van der Waals surface area contributed by atoms with E-state index in [0.29, 0.717) is 12.0 Å². The summed E-state index contributed by atoms with van der Waals surface area (Å²) in [5.74, 6) is -0.423. The predicted octanol–water partition coefficient (Wildman–Crippen LogP) is 3.33. The van der Waals surface area contributed by atoms with Gasteiger partial charge in [0.15, 0.2) is 11.5 Å². The largest absolute Gasteiger partial charge is 0.445 e. The minimum Gasteiger partial charge on any atom is -0.445 e. The quantitative estimate of drug-likeness (QED) is 0.361. The number of amides is 1. The Hall–Kier alpha value is -2.63. The Balaban J connectivity index is 2.98. The standard InChI is InChI=1S/C16H19NO5/c1-4-6-15(19)22-14-8-7-12(11(3)18)10-13(14)17-16(20)21-9-5-2/h5,7-8,10H,2,4,6,9H2,1,3H3,(H,17,20). The molecule has 0 atom stereocenters. The van der Waals surface area contributed by atoms with Gasteiger partial charge in [-0.1, -0.05) is 19.6 Å². The molecule has 0 aliphatic carbocycles. The average molecular weight is 305 g/mol. The van der Waals surface area contributed by atoms with Crippen LogP contribution in [0, 0.1) is 0 Å². The summed E-state index contributed by atoms with van der Waals surface area (Å²) in [5, 5.41) is 2.45. The van der Waals surface area contributed by atoms with Gasteiger partial charge in [0, 0.05) is 12.0 Å². The maximum Gasteiger partial charge on any atom is 0.412 e. The molecule has 0 aliphatic heterocycles. The second-order valence-corrected chi connectivity index (χ2v) is 4.50. The van der Waals surface area contributed by atoms with E-state index in [9.17, 15) is 14.4 Å². The first-order chi connectivity index (χ1) is 10.5. The van der Waals surface area contributed by atoms with Crippen LogP contribution in [-0.2, 0) is 9.53 Å². The normalized spacial score (nSPS) is 9.73. The lowest BCUT2D eigenvalue weighted by molar-refractivity contribution is -0.134. The topological polar surface area (TPSA) is 81.7 Å². The zero-order valence-electron chi connectivity index (χ0n) is 12.7. The molecule has 0 unspecified atom stereocenters. The third-order valence-electron chi connectivity index (χ3n) is 2.63. The van der Waals surface area contributed by atoms with Crippen LogP contribution in [0.4, 0.5) is 10.5 Å². The third-order valence-corrected chi connectivity index (χ3v) is 2.63. The van der Waals surface area contributed by atoms with Gasteiger partial charge in [-0.05, 0) is 31.5 Å². The molecule has 0 aromatic heterocycles. The first-order valence-electron chi connectivity index (χ1n) is 6.88. The predicted molar refractivity (Wildman–Crippen MR) is 82.2 cm³/mol. The SMILES string of the molecule is C=CCOC(=O)Nc1cc(C(C)=O)ccc1OC(=O)CCC. The summed E-state index contributed by atoms with van der Waals surface area (Å²) in [6.07, 6.45) is 1.60. The van der Waals surface area contributed by atoms with Gasteiger partial charge in [0.2, 0.25) is 0 Å². The minimum atomic E-state index is -0.728. The van der Waals surface area contributed by atoms with Crippen LogP contribution in [0.15, 0.2) is 30.9 Å². The molecule has 6 heteroatoms. The summed E-state index contributed by atoms with van der Waals surface area (Å²) in [6, 6.07) is 4.43. The Morgan fingerprint density at radius 1 is 1.32 bits per heavy atom. The number of ketones is 1.